The molecule has 20 heavy (non-hydrogen) atoms. The van der Waals surface area contributed by atoms with Gasteiger partial charge in [-0.15, -0.1) is 0 Å². The smallest absolute Gasteiger partial charge is 0.260 e. The third kappa shape index (κ3) is 0.369. The van der Waals surface area contributed by atoms with Crippen LogP contribution in [-0.4, -0.2) is 62.9 Å². The van der Waals surface area contributed by atoms with Gasteiger partial charge in [0.15, 0.2) is 0 Å². The number of nitrogens with zero attached hydrogens (tertiary/aromatic N) is 8. The van der Waals surface area contributed by atoms with Crippen LogP contribution >= 0.6 is 0 Å². The van der Waals surface area contributed by atoms with Gasteiger partial charge in [0.2, 0.25) is 0 Å². The first-order chi connectivity index (χ1) is 9.24. The average Bonchev–Trinajstić information content (AvgIpc) is 2.35. The van der Waals surface area contributed by atoms with E-state index in [1.807, 2.05) is 0 Å². The summed E-state index contributed by atoms with van der Waals surface area (Å²) in [7, 11) is 0. The third-order valence-corrected chi connectivity index (χ3v) is 4.58. The summed E-state index contributed by atoms with van der Waals surface area (Å²) in [5.41, 5.74) is 0. The number of nitro groups is 4. The maximum atomic E-state index is 11.1. The second-order valence-electron chi connectivity index (χ2n) is 4.77. The molecule has 0 saturated carbocycles. The Morgan fingerprint density at radius 3 is 0.750 bits per heavy atom. The van der Waals surface area contributed by atoms with Crippen molar-refractivity contribution in [3.05, 3.63) is 40.5 Å². The summed E-state index contributed by atoms with van der Waals surface area (Å²) in [5, 5.41) is 44.3. The molecule has 0 unspecified atom stereocenters. The summed E-state index contributed by atoms with van der Waals surface area (Å²) in [4.78, 5) is 42.1. The third-order valence-electron chi connectivity index (χ3n) is 4.58. The van der Waals surface area contributed by atoms with Gasteiger partial charge in [0.1, 0.15) is 0 Å². The van der Waals surface area contributed by atoms with Gasteiger partial charge in [-0.05, 0) is 19.6 Å². The van der Waals surface area contributed by atoms with E-state index in [9.17, 15) is 40.5 Å². The summed E-state index contributed by atoms with van der Waals surface area (Å²) in [5.74, 6) is -9.38. The second-order valence-corrected chi connectivity index (χ2v) is 4.77. The molecule has 6 saturated heterocycles. The predicted molar refractivity (Wildman–Crippen MR) is 46.3 cm³/mol. The van der Waals surface area contributed by atoms with Crippen molar-refractivity contribution in [1.29, 1.82) is 0 Å². The molecule has 0 spiro atoms. The molecule has 6 fully saturated rings. The fourth-order valence-electron chi connectivity index (χ4n) is 4.33. The number of hydrogen-bond acceptors (Lipinski definition) is 12. The lowest BCUT2D eigenvalue weighted by Gasteiger charge is -2.98. The largest absolute Gasteiger partial charge is 0.450 e. The van der Waals surface area contributed by atoms with Gasteiger partial charge in [0.05, 0.1) is 19.7 Å². The SMILES string of the molecule is O=[N+]([O-])C12N3C4([N+](=O)[O-])N1C1([N+](=O)[O-])N2C3([N+](=O)[O-])N41. The molecule has 6 aliphatic heterocycles. The Kier molecular flexibility index (Phi) is 0.973. The zero-order chi connectivity index (χ0) is 14.6. The van der Waals surface area contributed by atoms with Crippen molar-refractivity contribution in [3.8, 4) is 0 Å². The van der Waals surface area contributed by atoms with E-state index in [2.05, 4.69) is 0 Å². The Bertz CT molecular complexity index is 546. The van der Waals surface area contributed by atoms with Gasteiger partial charge >= 0.3 is 23.6 Å². The van der Waals surface area contributed by atoms with Crippen molar-refractivity contribution >= 4 is 0 Å². The first-order valence-electron chi connectivity index (χ1n) is 5.04. The molecule has 16 nitrogen and oxygen atoms in total. The van der Waals surface area contributed by atoms with E-state index < -0.39 is 43.3 Å². The van der Waals surface area contributed by atoms with E-state index >= 15 is 0 Å². The molecule has 104 valence electrons. The quantitative estimate of drug-likeness (QED) is 0.373. The highest BCUT2D eigenvalue weighted by atomic mass is 16.8. The van der Waals surface area contributed by atoms with Crippen LogP contribution < -0.4 is 0 Å². The van der Waals surface area contributed by atoms with Gasteiger partial charge in [0.25, 0.3) is 0 Å². The minimum absolute atomic E-state index is 0.457. The molecule has 0 radical (unpaired) electrons. The average molecular weight is 288 g/mol. The van der Waals surface area contributed by atoms with Crippen molar-refractivity contribution in [3.63, 3.8) is 0 Å². The van der Waals surface area contributed by atoms with Gasteiger partial charge in [-0.3, -0.25) is 40.5 Å². The summed E-state index contributed by atoms with van der Waals surface area (Å²) in [6.45, 7) is 0. The number of rotatable bonds is 4. The summed E-state index contributed by atoms with van der Waals surface area (Å²) in [6.07, 6.45) is 0. The lowest BCUT2D eigenvalue weighted by Crippen LogP contribution is -3.45. The van der Waals surface area contributed by atoms with Gasteiger partial charge in [0, 0.05) is 0 Å². The molecule has 0 aromatic heterocycles. The zero-order valence-corrected chi connectivity index (χ0v) is 8.84. The molecule has 0 atom stereocenters. The highest BCUT2D eigenvalue weighted by Crippen LogP contribution is 2.94. The zero-order valence-electron chi connectivity index (χ0n) is 8.84. The fourth-order valence-corrected chi connectivity index (χ4v) is 4.33. The van der Waals surface area contributed by atoms with Crippen LogP contribution in [0.5, 0.6) is 0 Å². The maximum absolute atomic E-state index is 11.1. The molecule has 6 heterocycles. The fraction of sp³-hybridized carbons (Fsp3) is 1.00. The Labute approximate surface area is 104 Å². The van der Waals surface area contributed by atoms with Gasteiger partial charge in [-0.25, -0.2) is 0 Å². The topological polar surface area (TPSA) is 186 Å². The Morgan fingerprint density at radius 2 is 0.650 bits per heavy atom. The Hall–Kier alpha value is -2.56. The molecule has 0 amide bonds. The van der Waals surface area contributed by atoms with Crippen molar-refractivity contribution in [2.24, 2.45) is 0 Å². The van der Waals surface area contributed by atoms with E-state index in [0.29, 0.717) is 19.6 Å². The van der Waals surface area contributed by atoms with Crippen LogP contribution in [0.25, 0.3) is 0 Å². The monoisotopic (exact) mass is 288 g/mol. The molecular formula is C4N8O8. The first-order valence-corrected chi connectivity index (χ1v) is 5.04. The minimum Gasteiger partial charge on any atom is -0.260 e. The van der Waals surface area contributed by atoms with E-state index in [0.717, 1.165) is 0 Å². The van der Waals surface area contributed by atoms with Crippen LogP contribution in [0.1, 0.15) is 0 Å². The molecule has 0 bridgehead atoms. The maximum Gasteiger partial charge on any atom is 0.450 e. The molecule has 0 aliphatic carbocycles. The van der Waals surface area contributed by atoms with Crippen LogP contribution in [0.4, 0.5) is 0 Å². The molecule has 0 N–H and O–H groups in total. The van der Waals surface area contributed by atoms with Gasteiger partial charge in [-0.2, -0.15) is 0 Å². The highest BCUT2D eigenvalue weighted by Gasteiger charge is 3.43. The molecule has 6 rings (SSSR count). The Morgan fingerprint density at radius 1 is 0.500 bits per heavy atom. The van der Waals surface area contributed by atoms with Crippen LogP contribution in [-0.2, 0) is 0 Å². The number of hydrogen-bond donors (Lipinski definition) is 0. The lowest BCUT2D eigenvalue weighted by molar-refractivity contribution is -1.17. The highest BCUT2D eigenvalue weighted by molar-refractivity contribution is 5.46. The molecule has 0 aromatic carbocycles. The summed E-state index contributed by atoms with van der Waals surface area (Å²) >= 11 is 0. The molecule has 16 heteroatoms. The van der Waals surface area contributed by atoms with E-state index in [-0.39, 0.29) is 0 Å². The van der Waals surface area contributed by atoms with Gasteiger partial charge in [-0.1, -0.05) is 0 Å². The summed E-state index contributed by atoms with van der Waals surface area (Å²) in [6, 6.07) is 0. The van der Waals surface area contributed by atoms with Crippen LogP contribution in [0, 0.1) is 40.5 Å². The van der Waals surface area contributed by atoms with Crippen LogP contribution in [0.15, 0.2) is 0 Å². The van der Waals surface area contributed by atoms with E-state index in [4.69, 9.17) is 0 Å². The lowest BCUT2D eigenvalue weighted by atomic mass is 9.69. The normalized spacial score (nSPS) is 53.6. The van der Waals surface area contributed by atoms with E-state index in [1.54, 1.807) is 0 Å². The second kappa shape index (κ2) is 1.90. The van der Waals surface area contributed by atoms with Crippen molar-refractivity contribution in [2.45, 2.75) is 23.6 Å². The first kappa shape index (κ1) is 10.3. The standard InChI is InChI=1S/C4N8O8/c13-9(14)1-5-2(10(15)16)6(1)4(12(19)20)7(1)3(5,8(2)4)11(17)18. The summed E-state index contributed by atoms with van der Waals surface area (Å²) < 4.78 is 0. The minimum atomic E-state index is -2.35. The molecule has 6 aliphatic rings. The van der Waals surface area contributed by atoms with Crippen LogP contribution in [0.2, 0.25) is 0 Å². The Balaban J connectivity index is 1.76. The van der Waals surface area contributed by atoms with Crippen molar-refractivity contribution in [2.75, 3.05) is 0 Å². The van der Waals surface area contributed by atoms with Crippen molar-refractivity contribution in [1.82, 2.24) is 19.6 Å². The molecular weight excluding hydrogens is 288 g/mol. The van der Waals surface area contributed by atoms with Crippen LogP contribution in [0.3, 0.4) is 0 Å². The van der Waals surface area contributed by atoms with Gasteiger partial charge < -0.3 is 0 Å². The predicted octanol–water partition coefficient (Wildman–Crippen LogP) is -3.19. The molecule has 0 aromatic rings. The van der Waals surface area contributed by atoms with E-state index in [1.165, 1.54) is 0 Å². The van der Waals surface area contributed by atoms with Crippen molar-refractivity contribution < 1.29 is 19.7 Å².